The van der Waals surface area contributed by atoms with Crippen LogP contribution in [0.2, 0.25) is 0 Å². The van der Waals surface area contributed by atoms with Gasteiger partial charge in [-0.1, -0.05) is 18.2 Å². The van der Waals surface area contributed by atoms with Gasteiger partial charge in [-0.2, -0.15) is 0 Å². The van der Waals surface area contributed by atoms with E-state index in [4.69, 9.17) is 10.5 Å². The highest BCUT2D eigenvalue weighted by atomic mass is 19.1. The molecule has 0 aliphatic rings. The lowest BCUT2D eigenvalue weighted by Crippen LogP contribution is -2.15. The van der Waals surface area contributed by atoms with Crippen molar-refractivity contribution in [1.82, 2.24) is 0 Å². The van der Waals surface area contributed by atoms with Crippen LogP contribution in [0.1, 0.15) is 28.3 Å². The Hall–Kier alpha value is -1.87. The standard InChI is InChI=1S/C17H20FNO/c1-11-9-17(20-3)12(2)8-15(11)16(19)10-13-4-6-14(18)7-5-13/h4-9,16H,10,19H2,1-3H3. The SMILES string of the molecule is COc1cc(C)c(C(N)Cc2ccc(F)cc2)cc1C. The number of aryl methyl sites for hydroxylation is 2. The second kappa shape index (κ2) is 6.06. The average Bonchev–Trinajstić information content (AvgIpc) is 2.43. The first kappa shape index (κ1) is 14.5. The molecule has 0 aliphatic heterocycles. The fourth-order valence-electron chi connectivity index (χ4n) is 2.42. The van der Waals surface area contributed by atoms with Crippen LogP contribution in [-0.4, -0.2) is 7.11 Å². The largest absolute Gasteiger partial charge is 0.496 e. The molecule has 20 heavy (non-hydrogen) atoms. The smallest absolute Gasteiger partial charge is 0.123 e. The van der Waals surface area contributed by atoms with Crippen molar-refractivity contribution in [2.75, 3.05) is 7.11 Å². The first-order valence-electron chi connectivity index (χ1n) is 6.66. The van der Waals surface area contributed by atoms with E-state index in [2.05, 4.69) is 6.07 Å². The fraction of sp³-hybridized carbons (Fsp3) is 0.294. The van der Waals surface area contributed by atoms with Crippen molar-refractivity contribution in [2.45, 2.75) is 26.3 Å². The third-order valence-electron chi connectivity index (χ3n) is 3.55. The quantitative estimate of drug-likeness (QED) is 0.922. The highest BCUT2D eigenvalue weighted by Gasteiger charge is 2.12. The Morgan fingerprint density at radius 2 is 1.75 bits per heavy atom. The maximum atomic E-state index is 12.9. The van der Waals surface area contributed by atoms with Crippen LogP contribution in [0.15, 0.2) is 36.4 Å². The minimum absolute atomic E-state index is 0.106. The third kappa shape index (κ3) is 3.17. The molecule has 2 rings (SSSR count). The molecular weight excluding hydrogens is 253 g/mol. The molecule has 1 unspecified atom stereocenters. The van der Waals surface area contributed by atoms with Crippen LogP contribution in [0, 0.1) is 19.7 Å². The number of halogens is 1. The van der Waals surface area contributed by atoms with E-state index in [9.17, 15) is 4.39 Å². The van der Waals surface area contributed by atoms with Crippen molar-refractivity contribution in [3.05, 3.63) is 64.5 Å². The Morgan fingerprint density at radius 1 is 1.10 bits per heavy atom. The van der Waals surface area contributed by atoms with Crippen LogP contribution >= 0.6 is 0 Å². The summed E-state index contributed by atoms with van der Waals surface area (Å²) in [5.74, 6) is 0.652. The molecule has 0 saturated carbocycles. The van der Waals surface area contributed by atoms with E-state index in [1.807, 2.05) is 19.9 Å². The highest BCUT2D eigenvalue weighted by Crippen LogP contribution is 2.27. The van der Waals surface area contributed by atoms with Gasteiger partial charge >= 0.3 is 0 Å². The first-order valence-corrected chi connectivity index (χ1v) is 6.66. The Bertz CT molecular complexity index is 593. The van der Waals surface area contributed by atoms with Crippen LogP contribution in [0.25, 0.3) is 0 Å². The summed E-state index contributed by atoms with van der Waals surface area (Å²) in [6.07, 6.45) is 0.687. The van der Waals surface area contributed by atoms with Crippen molar-refractivity contribution in [2.24, 2.45) is 5.73 Å². The van der Waals surface area contributed by atoms with Gasteiger partial charge in [0.1, 0.15) is 11.6 Å². The van der Waals surface area contributed by atoms with Gasteiger partial charge in [-0.3, -0.25) is 0 Å². The molecule has 0 aromatic heterocycles. The lowest BCUT2D eigenvalue weighted by molar-refractivity contribution is 0.411. The van der Waals surface area contributed by atoms with Gasteiger partial charge < -0.3 is 10.5 Å². The Kier molecular flexibility index (Phi) is 4.40. The Balaban J connectivity index is 2.22. The van der Waals surface area contributed by atoms with E-state index in [1.165, 1.54) is 12.1 Å². The number of rotatable bonds is 4. The second-order valence-corrected chi connectivity index (χ2v) is 5.12. The van der Waals surface area contributed by atoms with Gasteiger partial charge in [-0.25, -0.2) is 4.39 Å². The number of hydrogen-bond acceptors (Lipinski definition) is 2. The predicted octanol–water partition coefficient (Wildman–Crippen LogP) is 3.69. The summed E-state index contributed by atoms with van der Waals surface area (Å²) in [5, 5.41) is 0. The molecule has 0 amide bonds. The average molecular weight is 273 g/mol. The summed E-state index contributed by atoms with van der Waals surface area (Å²) < 4.78 is 18.2. The van der Waals surface area contributed by atoms with Crippen LogP contribution in [-0.2, 0) is 6.42 Å². The van der Waals surface area contributed by atoms with E-state index in [0.717, 1.165) is 28.0 Å². The molecule has 2 N–H and O–H groups in total. The first-order chi connectivity index (χ1) is 9.51. The molecule has 0 saturated heterocycles. The van der Waals surface area contributed by atoms with Crippen LogP contribution in [0.4, 0.5) is 4.39 Å². The molecule has 0 spiro atoms. The predicted molar refractivity (Wildman–Crippen MR) is 79.5 cm³/mol. The van der Waals surface area contributed by atoms with Gasteiger partial charge in [0.2, 0.25) is 0 Å². The molecule has 0 heterocycles. The lowest BCUT2D eigenvalue weighted by atomic mass is 9.94. The van der Waals surface area contributed by atoms with E-state index in [-0.39, 0.29) is 11.9 Å². The molecule has 3 heteroatoms. The van der Waals surface area contributed by atoms with Crippen molar-refractivity contribution in [3.63, 3.8) is 0 Å². The van der Waals surface area contributed by atoms with E-state index in [0.29, 0.717) is 6.42 Å². The number of nitrogens with two attached hydrogens (primary N) is 1. The molecule has 2 aromatic rings. The van der Waals surface area contributed by atoms with E-state index >= 15 is 0 Å². The van der Waals surface area contributed by atoms with Crippen molar-refractivity contribution in [3.8, 4) is 5.75 Å². The van der Waals surface area contributed by atoms with Crippen LogP contribution in [0.5, 0.6) is 5.75 Å². The zero-order valence-electron chi connectivity index (χ0n) is 12.1. The summed E-state index contributed by atoms with van der Waals surface area (Å²) in [6.45, 7) is 4.04. The summed E-state index contributed by atoms with van der Waals surface area (Å²) in [5.41, 5.74) is 10.6. The maximum absolute atomic E-state index is 12.9. The van der Waals surface area contributed by atoms with Gasteiger partial charge in [0, 0.05) is 6.04 Å². The van der Waals surface area contributed by atoms with Gasteiger partial charge in [0.25, 0.3) is 0 Å². The molecule has 1 atom stereocenters. The number of ether oxygens (including phenoxy) is 1. The highest BCUT2D eigenvalue weighted by molar-refractivity contribution is 5.43. The van der Waals surface area contributed by atoms with Crippen LogP contribution in [0.3, 0.4) is 0 Å². The second-order valence-electron chi connectivity index (χ2n) is 5.12. The normalized spacial score (nSPS) is 12.2. The minimum atomic E-state index is -0.223. The molecule has 0 bridgehead atoms. The molecule has 106 valence electrons. The zero-order valence-corrected chi connectivity index (χ0v) is 12.1. The van der Waals surface area contributed by atoms with Crippen molar-refractivity contribution >= 4 is 0 Å². The Morgan fingerprint density at radius 3 is 2.35 bits per heavy atom. The summed E-state index contributed by atoms with van der Waals surface area (Å²) in [6, 6.07) is 10.5. The summed E-state index contributed by atoms with van der Waals surface area (Å²) in [4.78, 5) is 0. The van der Waals surface area contributed by atoms with Crippen molar-refractivity contribution < 1.29 is 9.13 Å². The number of methoxy groups -OCH3 is 1. The minimum Gasteiger partial charge on any atom is -0.496 e. The fourth-order valence-corrected chi connectivity index (χ4v) is 2.42. The molecule has 2 aromatic carbocycles. The summed E-state index contributed by atoms with van der Waals surface area (Å²) in [7, 11) is 1.67. The number of benzene rings is 2. The van der Waals surface area contributed by atoms with E-state index < -0.39 is 0 Å². The molecule has 0 radical (unpaired) electrons. The monoisotopic (exact) mass is 273 g/mol. The van der Waals surface area contributed by atoms with Gasteiger partial charge in [-0.15, -0.1) is 0 Å². The third-order valence-corrected chi connectivity index (χ3v) is 3.55. The zero-order chi connectivity index (χ0) is 14.7. The Labute approximate surface area is 119 Å². The van der Waals surface area contributed by atoms with Crippen LogP contribution < -0.4 is 10.5 Å². The van der Waals surface area contributed by atoms with Gasteiger partial charge in [0.15, 0.2) is 0 Å². The topological polar surface area (TPSA) is 35.2 Å². The summed E-state index contributed by atoms with van der Waals surface area (Å²) >= 11 is 0. The molecule has 0 aliphatic carbocycles. The molecular formula is C17H20FNO. The van der Waals surface area contributed by atoms with Gasteiger partial charge in [0.05, 0.1) is 7.11 Å². The lowest BCUT2D eigenvalue weighted by Gasteiger charge is -2.17. The van der Waals surface area contributed by atoms with Crippen molar-refractivity contribution in [1.29, 1.82) is 0 Å². The van der Waals surface area contributed by atoms with Gasteiger partial charge in [-0.05, 0) is 60.7 Å². The molecule has 2 nitrogen and oxygen atoms in total. The molecule has 0 fully saturated rings. The maximum Gasteiger partial charge on any atom is 0.123 e. The van der Waals surface area contributed by atoms with E-state index in [1.54, 1.807) is 19.2 Å². The number of hydrogen-bond donors (Lipinski definition) is 1.